The molecule has 4 nitrogen and oxygen atoms in total. The number of benzene rings is 2. The molecule has 6 heteroatoms. The van der Waals surface area contributed by atoms with Gasteiger partial charge in [-0.2, -0.15) is 0 Å². The van der Waals surface area contributed by atoms with Gasteiger partial charge in [-0.05, 0) is 44.4 Å². The molecule has 0 fully saturated rings. The maximum Gasteiger partial charge on any atom is 0.242 e. The molecule has 2 aromatic carbocycles. The van der Waals surface area contributed by atoms with E-state index in [-0.39, 0.29) is 17.9 Å². The summed E-state index contributed by atoms with van der Waals surface area (Å²) in [5, 5.41) is 3.57. The lowest BCUT2D eigenvalue weighted by molar-refractivity contribution is -0.138. The smallest absolute Gasteiger partial charge is 0.242 e. The molecule has 0 bridgehead atoms. The number of amides is 2. The van der Waals surface area contributed by atoms with Gasteiger partial charge in [0.2, 0.25) is 11.8 Å². The Hall–Kier alpha value is -1.98. The molecule has 0 saturated carbocycles. The first-order chi connectivity index (χ1) is 14.3. The largest absolute Gasteiger partial charge is 0.352 e. The number of nitrogens with zero attached hydrogens (tertiary/aromatic N) is 1. The first kappa shape index (κ1) is 24.3. The second kappa shape index (κ2) is 12.0. The SMILES string of the molecule is CC[C@@H](C)NC(=O)[C@H](C)N(Cc1ccccc1Cl)C(=O)CSCc1ccc(C)cc1. The number of carbonyl (C=O) groups excluding carboxylic acids is 2. The fraction of sp³-hybridized carbons (Fsp3) is 0.417. The van der Waals surface area contributed by atoms with E-state index < -0.39 is 6.04 Å². The van der Waals surface area contributed by atoms with Gasteiger partial charge in [0.15, 0.2) is 0 Å². The van der Waals surface area contributed by atoms with E-state index in [2.05, 4.69) is 36.5 Å². The Bertz CT molecular complexity index is 841. The van der Waals surface area contributed by atoms with Gasteiger partial charge in [-0.3, -0.25) is 9.59 Å². The molecule has 0 heterocycles. The number of thioether (sulfide) groups is 1. The van der Waals surface area contributed by atoms with Gasteiger partial charge >= 0.3 is 0 Å². The van der Waals surface area contributed by atoms with Crippen LogP contribution in [0.25, 0.3) is 0 Å². The summed E-state index contributed by atoms with van der Waals surface area (Å²) >= 11 is 7.87. The third-order valence-corrected chi connectivity index (χ3v) is 6.44. The minimum absolute atomic E-state index is 0.0631. The van der Waals surface area contributed by atoms with Crippen molar-refractivity contribution in [1.29, 1.82) is 0 Å². The van der Waals surface area contributed by atoms with Crippen LogP contribution in [0.5, 0.6) is 0 Å². The average Bonchev–Trinajstić information content (AvgIpc) is 2.73. The molecule has 0 radical (unpaired) electrons. The van der Waals surface area contributed by atoms with Crippen molar-refractivity contribution in [2.45, 2.75) is 58.5 Å². The summed E-state index contributed by atoms with van der Waals surface area (Å²) in [4.78, 5) is 27.4. The minimum Gasteiger partial charge on any atom is -0.352 e. The first-order valence-corrected chi connectivity index (χ1v) is 11.8. The van der Waals surface area contributed by atoms with Crippen molar-refractivity contribution in [3.05, 3.63) is 70.2 Å². The van der Waals surface area contributed by atoms with Gasteiger partial charge < -0.3 is 10.2 Å². The molecule has 30 heavy (non-hydrogen) atoms. The van der Waals surface area contributed by atoms with Gasteiger partial charge in [-0.15, -0.1) is 11.8 Å². The molecule has 0 aliphatic carbocycles. The van der Waals surface area contributed by atoms with Crippen molar-refractivity contribution in [2.24, 2.45) is 0 Å². The molecule has 0 saturated heterocycles. The van der Waals surface area contributed by atoms with Crippen molar-refractivity contribution in [3.8, 4) is 0 Å². The van der Waals surface area contributed by atoms with Crippen molar-refractivity contribution < 1.29 is 9.59 Å². The Labute approximate surface area is 189 Å². The maximum absolute atomic E-state index is 13.1. The summed E-state index contributed by atoms with van der Waals surface area (Å²) in [5.41, 5.74) is 3.23. The van der Waals surface area contributed by atoms with Crippen LogP contribution in [0.3, 0.4) is 0 Å². The summed E-state index contributed by atoms with van der Waals surface area (Å²) in [6.45, 7) is 8.11. The number of aryl methyl sites for hydroxylation is 1. The Morgan fingerprint density at radius 1 is 1.10 bits per heavy atom. The lowest BCUT2D eigenvalue weighted by Crippen LogP contribution is -2.50. The highest BCUT2D eigenvalue weighted by molar-refractivity contribution is 7.99. The molecule has 1 N–H and O–H groups in total. The van der Waals surface area contributed by atoms with Gasteiger partial charge in [-0.25, -0.2) is 0 Å². The first-order valence-electron chi connectivity index (χ1n) is 10.3. The molecule has 0 spiro atoms. The molecule has 0 aromatic heterocycles. The quantitative estimate of drug-likeness (QED) is 0.544. The lowest BCUT2D eigenvalue weighted by Gasteiger charge is -2.30. The van der Waals surface area contributed by atoms with Gasteiger partial charge in [-0.1, -0.05) is 66.6 Å². The van der Waals surface area contributed by atoms with E-state index in [0.29, 0.717) is 17.3 Å². The Kier molecular flexibility index (Phi) is 9.73. The van der Waals surface area contributed by atoms with Crippen molar-refractivity contribution in [1.82, 2.24) is 10.2 Å². The zero-order valence-electron chi connectivity index (χ0n) is 18.2. The molecule has 0 unspecified atom stereocenters. The van der Waals surface area contributed by atoms with E-state index >= 15 is 0 Å². The number of halogens is 1. The third kappa shape index (κ3) is 7.37. The zero-order valence-corrected chi connectivity index (χ0v) is 19.7. The fourth-order valence-electron chi connectivity index (χ4n) is 2.88. The molecule has 2 aromatic rings. The van der Waals surface area contributed by atoms with E-state index in [1.807, 2.05) is 32.0 Å². The van der Waals surface area contributed by atoms with E-state index in [1.54, 1.807) is 29.7 Å². The number of rotatable bonds is 10. The van der Waals surface area contributed by atoms with E-state index in [4.69, 9.17) is 11.6 Å². The van der Waals surface area contributed by atoms with Crippen LogP contribution in [-0.2, 0) is 21.9 Å². The monoisotopic (exact) mass is 446 g/mol. The van der Waals surface area contributed by atoms with Crippen LogP contribution >= 0.6 is 23.4 Å². The second-order valence-electron chi connectivity index (χ2n) is 7.59. The predicted molar refractivity (Wildman–Crippen MR) is 127 cm³/mol. The van der Waals surface area contributed by atoms with Crippen LogP contribution in [-0.4, -0.2) is 34.6 Å². The molecule has 2 atom stereocenters. The van der Waals surface area contributed by atoms with Crippen molar-refractivity contribution in [2.75, 3.05) is 5.75 Å². The zero-order chi connectivity index (χ0) is 22.1. The fourth-order valence-corrected chi connectivity index (χ4v) is 3.95. The Morgan fingerprint density at radius 2 is 1.77 bits per heavy atom. The number of hydrogen-bond donors (Lipinski definition) is 1. The molecular formula is C24H31ClN2O2S. The van der Waals surface area contributed by atoms with Crippen molar-refractivity contribution >= 4 is 35.2 Å². The highest BCUT2D eigenvalue weighted by atomic mass is 35.5. The molecule has 2 amide bonds. The summed E-state index contributed by atoms with van der Waals surface area (Å²) in [6.07, 6.45) is 0.837. The lowest BCUT2D eigenvalue weighted by atomic mass is 10.1. The Balaban J connectivity index is 2.08. The molecule has 162 valence electrons. The standard InChI is InChI=1S/C24H31ClN2O2S/c1-5-18(3)26-24(29)19(4)27(14-21-8-6-7-9-22(21)25)23(28)16-30-15-20-12-10-17(2)11-13-20/h6-13,18-19H,5,14-16H2,1-4H3,(H,26,29)/t18-,19+/m1/s1. The summed E-state index contributed by atoms with van der Waals surface area (Å²) < 4.78 is 0. The summed E-state index contributed by atoms with van der Waals surface area (Å²) in [7, 11) is 0. The van der Waals surface area contributed by atoms with Crippen LogP contribution in [0.2, 0.25) is 5.02 Å². The molecule has 0 aliphatic rings. The molecule has 2 rings (SSSR count). The maximum atomic E-state index is 13.1. The van der Waals surface area contributed by atoms with Crippen molar-refractivity contribution in [3.63, 3.8) is 0 Å². The molecule has 0 aliphatic heterocycles. The van der Waals surface area contributed by atoms with Crippen LogP contribution < -0.4 is 5.32 Å². The average molecular weight is 447 g/mol. The van der Waals surface area contributed by atoms with Gasteiger partial charge in [0.25, 0.3) is 0 Å². The highest BCUT2D eigenvalue weighted by Gasteiger charge is 2.27. The topological polar surface area (TPSA) is 49.4 Å². The normalized spacial score (nSPS) is 12.8. The van der Waals surface area contributed by atoms with Crippen LogP contribution in [0.1, 0.15) is 43.9 Å². The van der Waals surface area contributed by atoms with E-state index in [0.717, 1.165) is 17.7 Å². The number of carbonyl (C=O) groups is 2. The Morgan fingerprint density at radius 3 is 2.40 bits per heavy atom. The minimum atomic E-state index is -0.581. The van der Waals surface area contributed by atoms with E-state index in [1.165, 1.54) is 11.1 Å². The highest BCUT2D eigenvalue weighted by Crippen LogP contribution is 2.20. The summed E-state index contributed by atoms with van der Waals surface area (Å²) in [5.74, 6) is 0.839. The predicted octanol–water partition coefficient (Wildman–Crippen LogP) is 5.21. The van der Waals surface area contributed by atoms with E-state index in [9.17, 15) is 9.59 Å². The summed E-state index contributed by atoms with van der Waals surface area (Å²) in [6, 6.07) is 15.2. The van der Waals surface area contributed by atoms with Gasteiger partial charge in [0, 0.05) is 23.4 Å². The van der Waals surface area contributed by atoms with Gasteiger partial charge in [0.1, 0.15) is 6.04 Å². The second-order valence-corrected chi connectivity index (χ2v) is 8.98. The van der Waals surface area contributed by atoms with Crippen LogP contribution in [0.4, 0.5) is 0 Å². The molecular weight excluding hydrogens is 416 g/mol. The van der Waals surface area contributed by atoms with Gasteiger partial charge in [0.05, 0.1) is 5.75 Å². The van der Waals surface area contributed by atoms with Crippen LogP contribution in [0.15, 0.2) is 48.5 Å². The van der Waals surface area contributed by atoms with Crippen LogP contribution in [0, 0.1) is 6.92 Å². The number of hydrogen-bond acceptors (Lipinski definition) is 3. The number of nitrogens with one attached hydrogen (secondary N) is 1. The third-order valence-electron chi connectivity index (χ3n) is 5.08.